The zero-order valence-electron chi connectivity index (χ0n) is 10.4. The number of nitrogens with zero attached hydrogens (tertiary/aromatic N) is 1. The van der Waals surface area contributed by atoms with Gasteiger partial charge < -0.3 is 15.7 Å². The van der Waals surface area contributed by atoms with E-state index >= 15 is 0 Å². The van der Waals surface area contributed by atoms with Crippen LogP contribution < -0.4 is 10.6 Å². The fourth-order valence-corrected chi connectivity index (χ4v) is 2.05. The quantitative estimate of drug-likeness (QED) is 0.728. The van der Waals surface area contributed by atoms with Crippen molar-refractivity contribution in [2.75, 3.05) is 6.54 Å². The molecule has 0 aliphatic carbocycles. The number of nitrogens with one attached hydrogen (secondary N) is 2. The zero-order valence-corrected chi connectivity index (χ0v) is 11.2. The van der Waals surface area contributed by atoms with Gasteiger partial charge in [-0.25, -0.2) is 9.78 Å². The van der Waals surface area contributed by atoms with Crippen LogP contribution in [0.2, 0.25) is 0 Å². The van der Waals surface area contributed by atoms with Crippen LogP contribution >= 0.6 is 11.3 Å². The molecule has 0 fully saturated rings. The molecular formula is C11H17N3O3S. The van der Waals surface area contributed by atoms with Gasteiger partial charge in [0.15, 0.2) is 0 Å². The van der Waals surface area contributed by atoms with E-state index in [1.54, 1.807) is 13.1 Å². The summed E-state index contributed by atoms with van der Waals surface area (Å²) in [4.78, 5) is 27.4. The van der Waals surface area contributed by atoms with E-state index in [2.05, 4.69) is 15.6 Å². The number of amides is 2. The van der Waals surface area contributed by atoms with Gasteiger partial charge in [-0.3, -0.25) is 4.79 Å². The third-order valence-corrected chi connectivity index (χ3v) is 3.33. The summed E-state index contributed by atoms with van der Waals surface area (Å²) in [5, 5.41) is 14.8. The van der Waals surface area contributed by atoms with Gasteiger partial charge in [-0.1, -0.05) is 6.92 Å². The summed E-state index contributed by atoms with van der Waals surface area (Å²) in [6.45, 7) is 4.21. The van der Waals surface area contributed by atoms with Gasteiger partial charge >= 0.3 is 12.0 Å². The van der Waals surface area contributed by atoms with Crippen molar-refractivity contribution in [1.29, 1.82) is 0 Å². The molecular weight excluding hydrogens is 254 g/mol. The van der Waals surface area contributed by atoms with Crippen LogP contribution in [-0.4, -0.2) is 28.6 Å². The highest BCUT2D eigenvalue weighted by molar-refractivity contribution is 7.11. The van der Waals surface area contributed by atoms with Crippen LogP contribution in [-0.2, 0) is 11.3 Å². The summed E-state index contributed by atoms with van der Waals surface area (Å²) in [7, 11) is 0. The van der Waals surface area contributed by atoms with Crippen molar-refractivity contribution in [2.45, 2.75) is 26.8 Å². The Morgan fingerprint density at radius 1 is 1.50 bits per heavy atom. The van der Waals surface area contributed by atoms with Crippen LogP contribution in [0.3, 0.4) is 0 Å². The lowest BCUT2D eigenvalue weighted by Crippen LogP contribution is -2.39. The van der Waals surface area contributed by atoms with Crippen LogP contribution in [0.1, 0.15) is 23.2 Å². The molecule has 100 valence electrons. The predicted octanol–water partition coefficient (Wildman–Crippen LogP) is 1.36. The number of aromatic nitrogens is 1. The summed E-state index contributed by atoms with van der Waals surface area (Å²) in [6.07, 6.45) is 2.23. The topological polar surface area (TPSA) is 91.3 Å². The van der Waals surface area contributed by atoms with Crippen molar-refractivity contribution in [3.63, 3.8) is 0 Å². The number of carbonyl (C=O) groups excluding carboxylic acids is 1. The molecule has 2 amide bonds. The number of aryl methyl sites for hydroxylation is 1. The normalized spacial score (nSPS) is 11.9. The number of thiazole rings is 1. The number of carbonyl (C=O) groups is 2. The first-order valence-corrected chi connectivity index (χ1v) is 6.50. The lowest BCUT2D eigenvalue weighted by atomic mass is 10.1. The van der Waals surface area contributed by atoms with Crippen molar-refractivity contribution in [1.82, 2.24) is 15.6 Å². The van der Waals surface area contributed by atoms with Gasteiger partial charge in [-0.15, -0.1) is 11.3 Å². The monoisotopic (exact) mass is 271 g/mol. The number of carboxylic acid groups (broad SMARTS) is 1. The Balaban J connectivity index is 2.27. The molecule has 0 saturated carbocycles. The smallest absolute Gasteiger partial charge is 0.315 e. The molecule has 3 N–H and O–H groups in total. The molecule has 1 atom stereocenters. The minimum Gasteiger partial charge on any atom is -0.481 e. The largest absolute Gasteiger partial charge is 0.481 e. The Labute approximate surface area is 109 Å². The van der Waals surface area contributed by atoms with Crippen molar-refractivity contribution in [3.05, 3.63) is 16.1 Å². The van der Waals surface area contributed by atoms with E-state index in [0.717, 1.165) is 9.88 Å². The second-order valence-corrected chi connectivity index (χ2v) is 5.19. The molecule has 7 heteroatoms. The minimum absolute atomic E-state index is 0.133. The first-order valence-electron chi connectivity index (χ1n) is 5.68. The fourth-order valence-electron chi connectivity index (χ4n) is 1.32. The average Bonchev–Trinajstić information content (AvgIpc) is 2.73. The highest BCUT2D eigenvalue weighted by Crippen LogP contribution is 2.10. The van der Waals surface area contributed by atoms with Crippen LogP contribution in [0.5, 0.6) is 0 Å². The Hall–Kier alpha value is -1.63. The van der Waals surface area contributed by atoms with Gasteiger partial charge in [-0.05, 0) is 13.3 Å². The number of hydrogen-bond acceptors (Lipinski definition) is 4. The predicted molar refractivity (Wildman–Crippen MR) is 68.5 cm³/mol. The van der Waals surface area contributed by atoms with Crippen LogP contribution in [0, 0.1) is 12.8 Å². The Morgan fingerprint density at radius 2 is 2.22 bits per heavy atom. The number of hydrogen-bond donors (Lipinski definition) is 3. The Morgan fingerprint density at radius 3 is 2.72 bits per heavy atom. The van der Waals surface area contributed by atoms with E-state index in [4.69, 9.17) is 5.11 Å². The molecule has 6 nitrogen and oxygen atoms in total. The molecule has 1 heterocycles. The van der Waals surface area contributed by atoms with E-state index in [9.17, 15) is 9.59 Å². The van der Waals surface area contributed by atoms with Gasteiger partial charge in [-0.2, -0.15) is 0 Å². The van der Waals surface area contributed by atoms with Crippen molar-refractivity contribution in [2.24, 2.45) is 5.92 Å². The van der Waals surface area contributed by atoms with Gasteiger partial charge in [0.2, 0.25) is 0 Å². The molecule has 0 aromatic carbocycles. The maximum absolute atomic E-state index is 11.4. The van der Waals surface area contributed by atoms with Gasteiger partial charge in [0.25, 0.3) is 0 Å². The Bertz CT molecular complexity index is 419. The lowest BCUT2D eigenvalue weighted by molar-refractivity contribution is -0.141. The number of urea groups is 1. The highest BCUT2D eigenvalue weighted by Gasteiger charge is 2.15. The van der Waals surface area contributed by atoms with Crippen LogP contribution in [0.15, 0.2) is 6.20 Å². The molecule has 0 aliphatic rings. The maximum atomic E-state index is 11.4. The van der Waals surface area contributed by atoms with E-state index < -0.39 is 11.9 Å². The summed E-state index contributed by atoms with van der Waals surface area (Å²) in [5.74, 6) is -1.44. The minimum atomic E-state index is -0.895. The molecule has 0 bridgehead atoms. The molecule has 1 unspecified atom stereocenters. The third kappa shape index (κ3) is 4.70. The van der Waals surface area contributed by atoms with E-state index in [0.29, 0.717) is 13.0 Å². The molecule has 0 spiro atoms. The highest BCUT2D eigenvalue weighted by atomic mass is 32.1. The fraction of sp³-hybridized carbons (Fsp3) is 0.545. The first kappa shape index (κ1) is 14.4. The average molecular weight is 271 g/mol. The molecule has 0 aliphatic heterocycles. The molecule has 0 saturated heterocycles. The van der Waals surface area contributed by atoms with E-state index in [1.165, 1.54) is 11.3 Å². The SMILES string of the molecule is CCC(CNC(=O)NCc1ncc(C)s1)C(=O)O. The summed E-state index contributed by atoms with van der Waals surface area (Å²) in [6, 6.07) is -0.373. The van der Waals surface area contributed by atoms with Crippen LogP contribution in [0.25, 0.3) is 0 Å². The molecule has 0 radical (unpaired) electrons. The van der Waals surface area contributed by atoms with Crippen molar-refractivity contribution >= 4 is 23.3 Å². The first-order chi connectivity index (χ1) is 8.52. The summed E-state index contributed by atoms with van der Waals surface area (Å²) < 4.78 is 0. The van der Waals surface area contributed by atoms with Crippen molar-refractivity contribution in [3.8, 4) is 0 Å². The number of aliphatic carboxylic acids is 1. The maximum Gasteiger partial charge on any atom is 0.315 e. The van der Waals surface area contributed by atoms with Crippen LogP contribution in [0.4, 0.5) is 4.79 Å². The van der Waals surface area contributed by atoms with Gasteiger partial charge in [0, 0.05) is 17.6 Å². The Kier molecular flexibility index (Phi) is 5.57. The third-order valence-electron chi connectivity index (χ3n) is 2.42. The summed E-state index contributed by atoms with van der Waals surface area (Å²) >= 11 is 1.52. The second-order valence-electron chi connectivity index (χ2n) is 3.87. The molecule has 1 aromatic heterocycles. The van der Waals surface area contributed by atoms with E-state index in [-0.39, 0.29) is 12.6 Å². The van der Waals surface area contributed by atoms with Gasteiger partial charge in [0.05, 0.1) is 12.5 Å². The standard InChI is InChI=1S/C11H17N3O3S/c1-3-8(10(15)16)5-13-11(17)14-6-9-12-4-7(2)18-9/h4,8H,3,5-6H2,1-2H3,(H,15,16)(H2,13,14,17). The van der Waals surface area contributed by atoms with Gasteiger partial charge in [0.1, 0.15) is 5.01 Å². The molecule has 1 aromatic rings. The number of rotatable bonds is 6. The lowest BCUT2D eigenvalue weighted by Gasteiger charge is -2.11. The van der Waals surface area contributed by atoms with Crippen molar-refractivity contribution < 1.29 is 14.7 Å². The number of carboxylic acids is 1. The zero-order chi connectivity index (χ0) is 13.5. The second kappa shape index (κ2) is 6.95. The molecule has 1 rings (SSSR count). The van der Waals surface area contributed by atoms with E-state index in [1.807, 2.05) is 6.92 Å². The summed E-state index contributed by atoms with van der Waals surface area (Å²) in [5.41, 5.74) is 0. The molecule has 18 heavy (non-hydrogen) atoms.